The maximum absolute atomic E-state index is 11.1. The first-order chi connectivity index (χ1) is 15.4. The lowest BCUT2D eigenvalue weighted by Gasteiger charge is -2.09. The molecule has 6 heteroatoms. The van der Waals surface area contributed by atoms with Gasteiger partial charge in [-0.3, -0.25) is 4.79 Å². The van der Waals surface area contributed by atoms with E-state index in [1.54, 1.807) is 18.2 Å². The molecule has 3 aromatic carbocycles. The smallest absolute Gasteiger partial charge is 0.335 e. The highest BCUT2D eigenvalue weighted by Gasteiger charge is 2.05. The predicted octanol–water partition coefficient (Wildman–Crippen LogP) is 4.59. The number of benzene rings is 3. The average Bonchev–Trinajstić information content (AvgIpc) is 2.77. The lowest BCUT2D eigenvalue weighted by Crippen LogP contribution is -2.01. The molecule has 0 bridgehead atoms. The van der Waals surface area contributed by atoms with Crippen molar-refractivity contribution in [3.05, 3.63) is 107 Å². The van der Waals surface area contributed by atoms with Crippen molar-refractivity contribution in [3.63, 3.8) is 0 Å². The molecule has 0 aliphatic heterocycles. The second-order valence-electron chi connectivity index (χ2n) is 7.22. The van der Waals surface area contributed by atoms with Crippen molar-refractivity contribution in [3.8, 4) is 5.75 Å². The molecular weight excluding hydrogens is 404 g/mol. The van der Waals surface area contributed by atoms with E-state index >= 15 is 0 Å². The number of pyridine rings is 1. The van der Waals surface area contributed by atoms with Crippen LogP contribution in [-0.4, -0.2) is 22.0 Å². The lowest BCUT2D eigenvalue weighted by molar-refractivity contribution is -0.115. The van der Waals surface area contributed by atoms with Crippen LogP contribution in [0.4, 0.5) is 0 Å². The number of carboxylic acids is 1. The molecule has 4 aromatic rings. The third-order valence-electron chi connectivity index (χ3n) is 4.52. The number of nitrogens with zero attached hydrogens (tertiary/aromatic N) is 1. The van der Waals surface area contributed by atoms with Gasteiger partial charge in [-0.15, -0.1) is 0 Å². The van der Waals surface area contributed by atoms with Crippen LogP contribution in [0.25, 0.3) is 10.9 Å². The molecule has 4 rings (SSSR count). The van der Waals surface area contributed by atoms with Gasteiger partial charge in [-0.05, 0) is 53.9 Å². The molecule has 0 aliphatic carbocycles. The van der Waals surface area contributed by atoms with E-state index in [9.17, 15) is 9.59 Å². The van der Waals surface area contributed by atoms with Crippen LogP contribution in [0.1, 0.15) is 34.1 Å². The molecule has 0 unspecified atom stereocenters. The fourth-order valence-electron chi connectivity index (χ4n) is 3.14. The number of carbonyl (C=O) groups excluding carboxylic acids is 1. The van der Waals surface area contributed by atoms with Crippen molar-refractivity contribution >= 4 is 22.8 Å². The van der Waals surface area contributed by atoms with Crippen LogP contribution < -0.4 is 10.5 Å². The van der Waals surface area contributed by atoms with Gasteiger partial charge in [0.05, 0.1) is 16.8 Å². The Morgan fingerprint density at radius 1 is 0.906 bits per heavy atom. The molecule has 0 saturated carbocycles. The van der Waals surface area contributed by atoms with Crippen LogP contribution >= 0.6 is 0 Å². The number of carbonyl (C=O) groups is 2. The summed E-state index contributed by atoms with van der Waals surface area (Å²) in [6, 6.07) is 26.9. The molecule has 3 N–H and O–H groups in total. The Kier molecular flexibility index (Phi) is 7.54. The summed E-state index contributed by atoms with van der Waals surface area (Å²) in [5.41, 5.74) is 8.61. The van der Waals surface area contributed by atoms with Crippen LogP contribution in [0.2, 0.25) is 0 Å². The molecule has 1 aromatic heterocycles. The Balaban J connectivity index is 0.000000668. The quantitative estimate of drug-likeness (QED) is 0.467. The number of para-hydroxylation sites is 1. The number of hydrogen-bond donors (Lipinski definition) is 2. The zero-order valence-electron chi connectivity index (χ0n) is 17.7. The highest BCUT2D eigenvalue weighted by Crippen LogP contribution is 2.19. The third-order valence-corrected chi connectivity index (χ3v) is 4.52. The number of primary amides is 1. The number of carboxylic acid groups (broad SMARTS) is 1. The van der Waals surface area contributed by atoms with E-state index in [2.05, 4.69) is 10.7 Å². The van der Waals surface area contributed by atoms with E-state index in [1.807, 2.05) is 66.7 Å². The molecule has 0 atom stereocenters. The van der Waals surface area contributed by atoms with Crippen LogP contribution in [0, 0.1) is 0 Å². The number of fused-ring (bicyclic) bond motifs is 1. The van der Waals surface area contributed by atoms with Crippen LogP contribution in [-0.2, 0) is 17.8 Å². The van der Waals surface area contributed by atoms with Gasteiger partial charge in [0.2, 0.25) is 5.91 Å². The summed E-state index contributed by atoms with van der Waals surface area (Å²) in [6.45, 7) is 1.70. The van der Waals surface area contributed by atoms with Crippen LogP contribution in [0.15, 0.2) is 84.9 Å². The van der Waals surface area contributed by atoms with Gasteiger partial charge in [-0.1, -0.05) is 48.5 Å². The highest BCUT2D eigenvalue weighted by atomic mass is 16.5. The van der Waals surface area contributed by atoms with Gasteiger partial charge in [0.15, 0.2) is 0 Å². The Labute approximate surface area is 186 Å². The van der Waals surface area contributed by atoms with Crippen molar-refractivity contribution < 1.29 is 19.4 Å². The summed E-state index contributed by atoms with van der Waals surface area (Å²) in [5.74, 6) is -0.483. The monoisotopic (exact) mass is 428 g/mol. The number of nitrogens with two attached hydrogens (primary N) is 1. The van der Waals surface area contributed by atoms with Crippen molar-refractivity contribution in [2.75, 3.05) is 0 Å². The van der Waals surface area contributed by atoms with Gasteiger partial charge < -0.3 is 15.6 Å². The molecule has 0 spiro atoms. The molecule has 0 saturated heterocycles. The van der Waals surface area contributed by atoms with E-state index in [0.717, 1.165) is 33.5 Å². The first-order valence-electron chi connectivity index (χ1n) is 10.1. The van der Waals surface area contributed by atoms with Crippen LogP contribution in [0.3, 0.4) is 0 Å². The molecule has 1 heterocycles. The Morgan fingerprint density at radius 3 is 2.34 bits per heavy atom. The normalized spacial score (nSPS) is 10.2. The molecule has 32 heavy (non-hydrogen) atoms. The van der Waals surface area contributed by atoms with E-state index in [4.69, 9.17) is 9.84 Å². The number of amides is 1. The van der Waals surface area contributed by atoms with Crippen LogP contribution in [0.5, 0.6) is 5.75 Å². The van der Waals surface area contributed by atoms with Gasteiger partial charge in [-0.25, -0.2) is 9.78 Å². The molecule has 0 radical (unpaired) electrons. The van der Waals surface area contributed by atoms with Crippen molar-refractivity contribution in [1.82, 2.24) is 4.98 Å². The number of aromatic nitrogens is 1. The fourth-order valence-corrected chi connectivity index (χ4v) is 3.14. The fraction of sp³-hybridized carbons (Fsp3) is 0.115. The summed E-state index contributed by atoms with van der Waals surface area (Å²) in [7, 11) is 0. The van der Waals surface area contributed by atoms with E-state index in [0.29, 0.717) is 18.6 Å². The summed E-state index contributed by atoms with van der Waals surface area (Å²) in [4.78, 5) is 25.0. The van der Waals surface area contributed by atoms with E-state index < -0.39 is 5.97 Å². The van der Waals surface area contributed by atoms with Crippen molar-refractivity contribution in [2.24, 2.45) is 5.73 Å². The summed E-state index contributed by atoms with van der Waals surface area (Å²) in [5, 5.41) is 10.2. The second-order valence-corrected chi connectivity index (χ2v) is 7.22. The molecule has 0 aliphatic rings. The minimum atomic E-state index is -0.915. The Morgan fingerprint density at radius 2 is 1.59 bits per heavy atom. The highest BCUT2D eigenvalue weighted by molar-refractivity contribution is 5.87. The number of rotatable bonds is 6. The maximum atomic E-state index is 11.1. The first kappa shape index (κ1) is 22.5. The van der Waals surface area contributed by atoms with E-state index in [1.165, 1.54) is 6.92 Å². The van der Waals surface area contributed by atoms with Gasteiger partial charge in [0.1, 0.15) is 12.4 Å². The Hall–Kier alpha value is -4.19. The minimum absolute atomic E-state index is 0.298. The molecule has 6 nitrogen and oxygen atoms in total. The number of hydrogen-bond acceptors (Lipinski definition) is 4. The Bertz CT molecular complexity index is 1230. The molecule has 162 valence electrons. The SMILES string of the molecule is CC(N)=O.O=C(O)c1cccc(Cc2cccc(OCc3ccc4ccccc4n3)c2)c1. The lowest BCUT2D eigenvalue weighted by atomic mass is 10.0. The minimum Gasteiger partial charge on any atom is -0.487 e. The second kappa shape index (κ2) is 10.7. The average molecular weight is 428 g/mol. The molecule has 1 amide bonds. The third kappa shape index (κ3) is 6.67. The van der Waals surface area contributed by atoms with Gasteiger partial charge >= 0.3 is 5.97 Å². The standard InChI is InChI=1S/C24H19NO3.C2H5NO/c26-24(27)20-8-3-5-17(14-20)13-18-6-4-9-22(15-18)28-16-21-12-11-19-7-1-2-10-23(19)25-21;1-2(3)4/h1-12,14-15H,13,16H2,(H,26,27);1H3,(H2,3,4). The zero-order valence-corrected chi connectivity index (χ0v) is 17.7. The molecular formula is C26H24N2O4. The molecule has 0 fully saturated rings. The predicted molar refractivity (Wildman–Crippen MR) is 124 cm³/mol. The van der Waals surface area contributed by atoms with Gasteiger partial charge in [-0.2, -0.15) is 0 Å². The first-order valence-corrected chi connectivity index (χ1v) is 10.1. The topological polar surface area (TPSA) is 103 Å². The maximum Gasteiger partial charge on any atom is 0.335 e. The number of ether oxygens (including phenoxy) is 1. The summed E-state index contributed by atoms with van der Waals surface area (Å²) in [6.07, 6.45) is 0.645. The van der Waals surface area contributed by atoms with Crippen molar-refractivity contribution in [2.45, 2.75) is 20.0 Å². The van der Waals surface area contributed by atoms with Crippen molar-refractivity contribution in [1.29, 1.82) is 0 Å². The zero-order chi connectivity index (χ0) is 22.9. The van der Waals surface area contributed by atoms with Gasteiger partial charge in [0, 0.05) is 12.3 Å². The number of aromatic carboxylic acids is 1. The van der Waals surface area contributed by atoms with Gasteiger partial charge in [0.25, 0.3) is 0 Å². The van der Waals surface area contributed by atoms with E-state index in [-0.39, 0.29) is 5.91 Å². The largest absolute Gasteiger partial charge is 0.487 e. The summed E-state index contributed by atoms with van der Waals surface area (Å²) >= 11 is 0. The summed E-state index contributed by atoms with van der Waals surface area (Å²) < 4.78 is 5.92.